The van der Waals surface area contributed by atoms with Crippen LogP contribution in [0, 0.1) is 12.8 Å². The molecule has 1 unspecified atom stereocenters. The molecule has 29 heavy (non-hydrogen) atoms. The number of amides is 3. The maximum Gasteiger partial charge on any atom is 0.255 e. The summed E-state index contributed by atoms with van der Waals surface area (Å²) in [4.78, 5) is 39.3. The zero-order chi connectivity index (χ0) is 20.6. The van der Waals surface area contributed by atoms with Gasteiger partial charge in [0.05, 0.1) is 24.6 Å². The topological polar surface area (TPSA) is 97.0 Å². The van der Waals surface area contributed by atoms with E-state index in [0.717, 1.165) is 5.56 Å². The molecule has 1 atom stereocenters. The monoisotopic (exact) mass is 403 g/mol. The molecule has 1 aromatic rings. The van der Waals surface area contributed by atoms with Gasteiger partial charge in [-0.1, -0.05) is 11.6 Å². The van der Waals surface area contributed by atoms with Crippen LogP contribution >= 0.6 is 0 Å². The van der Waals surface area contributed by atoms with Gasteiger partial charge in [-0.15, -0.1) is 0 Å². The smallest absolute Gasteiger partial charge is 0.255 e. The molecular formula is C21H29N3O5. The lowest BCUT2D eigenvalue weighted by Crippen LogP contribution is -2.42. The van der Waals surface area contributed by atoms with Crippen LogP contribution in [-0.4, -0.2) is 68.6 Å². The van der Waals surface area contributed by atoms with Crippen LogP contribution in [0.25, 0.3) is 0 Å². The van der Waals surface area contributed by atoms with E-state index >= 15 is 0 Å². The number of carbonyl (C=O) groups is 3. The lowest BCUT2D eigenvalue weighted by Gasteiger charge is -2.25. The summed E-state index contributed by atoms with van der Waals surface area (Å²) < 4.78 is 11.0. The zero-order valence-corrected chi connectivity index (χ0v) is 16.9. The van der Waals surface area contributed by atoms with Crippen LogP contribution in [0.4, 0.5) is 0 Å². The minimum atomic E-state index is -0.237. The molecule has 8 nitrogen and oxygen atoms in total. The first-order chi connectivity index (χ1) is 14.0. The summed E-state index contributed by atoms with van der Waals surface area (Å²) in [6, 6.07) is 5.42. The molecule has 1 aromatic carbocycles. The van der Waals surface area contributed by atoms with E-state index in [1.807, 2.05) is 13.0 Å². The molecule has 0 saturated carbocycles. The maximum atomic E-state index is 12.8. The zero-order valence-electron chi connectivity index (χ0n) is 16.9. The molecule has 3 amide bonds. The van der Waals surface area contributed by atoms with Crippen molar-refractivity contribution in [2.24, 2.45) is 5.92 Å². The summed E-state index contributed by atoms with van der Waals surface area (Å²) in [5.41, 5.74) is 1.40. The Bertz CT molecular complexity index is 746. The molecule has 158 valence electrons. The van der Waals surface area contributed by atoms with E-state index < -0.39 is 0 Å². The molecule has 2 aliphatic heterocycles. The van der Waals surface area contributed by atoms with E-state index in [-0.39, 0.29) is 30.2 Å². The third kappa shape index (κ3) is 5.93. The van der Waals surface area contributed by atoms with Crippen molar-refractivity contribution in [2.75, 3.05) is 46.0 Å². The molecule has 0 bridgehead atoms. The first-order valence-corrected chi connectivity index (χ1v) is 10.2. The number of hydrogen-bond acceptors (Lipinski definition) is 5. The second-order valence-electron chi connectivity index (χ2n) is 7.44. The first kappa shape index (κ1) is 21.1. The van der Waals surface area contributed by atoms with E-state index in [2.05, 4.69) is 10.6 Å². The van der Waals surface area contributed by atoms with Crippen LogP contribution in [0.15, 0.2) is 18.2 Å². The van der Waals surface area contributed by atoms with Crippen molar-refractivity contribution in [2.45, 2.75) is 26.2 Å². The van der Waals surface area contributed by atoms with Gasteiger partial charge in [0, 0.05) is 32.7 Å². The molecule has 1 fully saturated rings. The predicted octanol–water partition coefficient (Wildman–Crippen LogP) is 0.879. The van der Waals surface area contributed by atoms with Crippen molar-refractivity contribution in [3.63, 3.8) is 0 Å². The number of carbonyl (C=O) groups excluding carboxylic acids is 3. The standard InChI is InChI=1S/C21H29N3O5/c1-15-4-5-18-17(13-15)20(26)23-7-10-24(21(27)16-6-11-28-14-16)9-2-3-19(25)22-8-12-29-18/h4-5,13,16H,2-3,6-12,14H2,1H3,(H,22,25)(H,23,26). The SMILES string of the molecule is Cc1ccc2c(c1)C(=O)NCCN(C(=O)C1CCOC1)CCCC(=O)NCCO2. The number of aryl methyl sites for hydroxylation is 1. The van der Waals surface area contributed by atoms with Crippen LogP contribution in [0.3, 0.4) is 0 Å². The fourth-order valence-electron chi connectivity index (χ4n) is 3.54. The number of hydrogen-bond donors (Lipinski definition) is 2. The number of nitrogens with one attached hydrogen (secondary N) is 2. The van der Waals surface area contributed by atoms with Crippen molar-refractivity contribution in [3.05, 3.63) is 29.3 Å². The van der Waals surface area contributed by atoms with Gasteiger partial charge in [0.15, 0.2) is 0 Å². The van der Waals surface area contributed by atoms with Crippen LogP contribution in [0.5, 0.6) is 5.75 Å². The number of nitrogens with zero attached hydrogens (tertiary/aromatic N) is 1. The molecule has 1 saturated heterocycles. The summed E-state index contributed by atoms with van der Waals surface area (Å²) in [5, 5.41) is 5.71. The largest absolute Gasteiger partial charge is 0.491 e. The molecule has 0 aromatic heterocycles. The van der Waals surface area contributed by atoms with Crippen molar-refractivity contribution in [1.29, 1.82) is 0 Å². The summed E-state index contributed by atoms with van der Waals surface area (Å²) in [5.74, 6) is 0.0605. The van der Waals surface area contributed by atoms with Crippen LogP contribution in [-0.2, 0) is 14.3 Å². The van der Waals surface area contributed by atoms with Crippen molar-refractivity contribution >= 4 is 17.7 Å². The van der Waals surface area contributed by atoms with E-state index in [0.29, 0.717) is 70.0 Å². The average Bonchev–Trinajstić information content (AvgIpc) is 3.24. The lowest BCUT2D eigenvalue weighted by molar-refractivity contribution is -0.136. The highest BCUT2D eigenvalue weighted by molar-refractivity contribution is 5.97. The number of rotatable bonds is 1. The quantitative estimate of drug-likeness (QED) is 0.726. The van der Waals surface area contributed by atoms with Crippen LogP contribution < -0.4 is 15.4 Å². The van der Waals surface area contributed by atoms with Gasteiger partial charge in [-0.3, -0.25) is 14.4 Å². The molecule has 3 rings (SSSR count). The second kappa shape index (κ2) is 10.2. The lowest BCUT2D eigenvalue weighted by atomic mass is 10.1. The number of benzene rings is 1. The molecule has 2 heterocycles. The van der Waals surface area contributed by atoms with Gasteiger partial charge in [0.25, 0.3) is 5.91 Å². The summed E-state index contributed by atoms with van der Waals surface area (Å²) in [6.45, 7) is 4.78. The van der Waals surface area contributed by atoms with Crippen molar-refractivity contribution in [3.8, 4) is 5.75 Å². The summed E-state index contributed by atoms with van der Waals surface area (Å²) in [7, 11) is 0. The third-order valence-electron chi connectivity index (χ3n) is 5.15. The van der Waals surface area contributed by atoms with Gasteiger partial charge in [0.1, 0.15) is 12.4 Å². The first-order valence-electron chi connectivity index (χ1n) is 10.2. The Balaban J connectivity index is 1.72. The maximum absolute atomic E-state index is 12.8. The van der Waals surface area contributed by atoms with Gasteiger partial charge in [-0.05, 0) is 31.9 Å². The molecule has 2 aliphatic rings. The summed E-state index contributed by atoms with van der Waals surface area (Å²) >= 11 is 0. The Kier molecular flexibility index (Phi) is 7.46. The molecule has 0 aliphatic carbocycles. The van der Waals surface area contributed by atoms with E-state index in [9.17, 15) is 14.4 Å². The van der Waals surface area contributed by atoms with Crippen LogP contribution in [0.1, 0.15) is 35.2 Å². The Morgan fingerprint density at radius 1 is 1.14 bits per heavy atom. The summed E-state index contributed by atoms with van der Waals surface area (Å²) in [6.07, 6.45) is 1.62. The van der Waals surface area contributed by atoms with Crippen LogP contribution in [0.2, 0.25) is 0 Å². The highest BCUT2D eigenvalue weighted by atomic mass is 16.5. The predicted molar refractivity (Wildman–Crippen MR) is 107 cm³/mol. The molecule has 0 spiro atoms. The molecule has 0 radical (unpaired) electrons. The van der Waals surface area contributed by atoms with E-state index in [1.165, 1.54) is 0 Å². The van der Waals surface area contributed by atoms with E-state index in [1.54, 1.807) is 17.0 Å². The van der Waals surface area contributed by atoms with Gasteiger partial charge >= 0.3 is 0 Å². The normalized spacial score (nSPS) is 21.8. The molecule has 8 heteroatoms. The fourth-order valence-corrected chi connectivity index (χ4v) is 3.54. The Morgan fingerprint density at radius 3 is 2.79 bits per heavy atom. The molecule has 2 N–H and O–H groups in total. The minimum absolute atomic E-state index is 0.0288. The van der Waals surface area contributed by atoms with Crippen molar-refractivity contribution in [1.82, 2.24) is 15.5 Å². The van der Waals surface area contributed by atoms with Crippen molar-refractivity contribution < 1.29 is 23.9 Å². The third-order valence-corrected chi connectivity index (χ3v) is 5.15. The highest BCUT2D eigenvalue weighted by Crippen LogP contribution is 2.20. The van der Waals surface area contributed by atoms with Gasteiger partial charge < -0.3 is 25.0 Å². The highest BCUT2D eigenvalue weighted by Gasteiger charge is 2.28. The van der Waals surface area contributed by atoms with E-state index in [4.69, 9.17) is 9.47 Å². The Morgan fingerprint density at radius 2 is 2.00 bits per heavy atom. The number of fused-ring (bicyclic) bond motifs is 1. The minimum Gasteiger partial charge on any atom is -0.491 e. The Hall–Kier alpha value is -2.61. The van der Waals surface area contributed by atoms with Gasteiger partial charge in [-0.2, -0.15) is 0 Å². The fraction of sp³-hybridized carbons (Fsp3) is 0.571. The Labute approximate surface area is 170 Å². The number of ether oxygens (including phenoxy) is 2. The average molecular weight is 403 g/mol. The molecular weight excluding hydrogens is 374 g/mol. The van der Waals surface area contributed by atoms with Gasteiger partial charge in [-0.25, -0.2) is 0 Å². The second-order valence-corrected chi connectivity index (χ2v) is 7.44. The van der Waals surface area contributed by atoms with Gasteiger partial charge in [0.2, 0.25) is 11.8 Å².